The summed E-state index contributed by atoms with van der Waals surface area (Å²) in [5.74, 6) is -1.01. The standard InChI is InChI=1S/C15H20O6/c1-9(2)14(17)19-7-3-4-13(16)20-11-6-5-10-8-12(11)21-15(10)18/h10-12H,1,3-8H2,2H3. The summed E-state index contributed by atoms with van der Waals surface area (Å²) in [6.07, 6.45) is 1.97. The van der Waals surface area contributed by atoms with E-state index in [0.717, 1.165) is 0 Å². The van der Waals surface area contributed by atoms with E-state index in [1.54, 1.807) is 6.92 Å². The van der Waals surface area contributed by atoms with E-state index >= 15 is 0 Å². The third-order valence-corrected chi connectivity index (χ3v) is 3.72. The van der Waals surface area contributed by atoms with Gasteiger partial charge in [-0.1, -0.05) is 6.58 Å². The van der Waals surface area contributed by atoms with Crippen LogP contribution in [0.2, 0.25) is 0 Å². The van der Waals surface area contributed by atoms with Gasteiger partial charge in [0.05, 0.1) is 12.5 Å². The number of hydrogen-bond donors (Lipinski definition) is 0. The first-order valence-electron chi connectivity index (χ1n) is 7.20. The maximum atomic E-state index is 11.7. The highest BCUT2D eigenvalue weighted by molar-refractivity contribution is 5.86. The molecule has 1 aliphatic heterocycles. The zero-order chi connectivity index (χ0) is 15.4. The van der Waals surface area contributed by atoms with Crippen molar-refractivity contribution in [2.75, 3.05) is 6.61 Å². The molecule has 1 saturated carbocycles. The fourth-order valence-corrected chi connectivity index (χ4v) is 2.55. The normalized spacial score (nSPS) is 26.9. The molecule has 1 heterocycles. The molecular weight excluding hydrogens is 276 g/mol. The highest BCUT2D eigenvalue weighted by Crippen LogP contribution is 2.35. The van der Waals surface area contributed by atoms with Gasteiger partial charge in [0.1, 0.15) is 12.2 Å². The summed E-state index contributed by atoms with van der Waals surface area (Å²) in [7, 11) is 0. The zero-order valence-electron chi connectivity index (χ0n) is 12.1. The number of carbonyl (C=O) groups excluding carboxylic acids is 3. The Labute approximate surface area is 123 Å². The van der Waals surface area contributed by atoms with Crippen LogP contribution in [0.15, 0.2) is 12.2 Å². The van der Waals surface area contributed by atoms with E-state index in [1.807, 2.05) is 0 Å². The van der Waals surface area contributed by atoms with Gasteiger partial charge in [-0.2, -0.15) is 0 Å². The maximum absolute atomic E-state index is 11.7. The predicted octanol–water partition coefficient (Wildman–Crippen LogP) is 1.52. The first kappa shape index (κ1) is 15.5. The van der Waals surface area contributed by atoms with Gasteiger partial charge in [-0.3, -0.25) is 9.59 Å². The summed E-state index contributed by atoms with van der Waals surface area (Å²) in [5.41, 5.74) is 0.331. The fraction of sp³-hybridized carbons (Fsp3) is 0.667. The number of hydrogen-bond acceptors (Lipinski definition) is 6. The molecule has 116 valence electrons. The Kier molecular flexibility index (Phi) is 4.98. The predicted molar refractivity (Wildman–Crippen MR) is 72.1 cm³/mol. The van der Waals surface area contributed by atoms with Crippen LogP contribution >= 0.6 is 0 Å². The van der Waals surface area contributed by atoms with Crippen LogP contribution in [0.5, 0.6) is 0 Å². The second-order valence-corrected chi connectivity index (χ2v) is 5.53. The van der Waals surface area contributed by atoms with Crippen LogP contribution in [0.3, 0.4) is 0 Å². The molecule has 1 aliphatic carbocycles. The van der Waals surface area contributed by atoms with Crippen LogP contribution in [-0.2, 0) is 28.6 Å². The Hall–Kier alpha value is -1.85. The molecular formula is C15H20O6. The summed E-state index contributed by atoms with van der Waals surface area (Å²) in [6, 6.07) is 0. The molecule has 0 N–H and O–H groups in total. The molecule has 2 fully saturated rings. The molecule has 0 aromatic carbocycles. The topological polar surface area (TPSA) is 78.9 Å². The average molecular weight is 296 g/mol. The molecule has 21 heavy (non-hydrogen) atoms. The van der Waals surface area contributed by atoms with Crippen molar-refractivity contribution in [2.24, 2.45) is 5.92 Å². The highest BCUT2D eigenvalue weighted by atomic mass is 16.6. The molecule has 2 bridgehead atoms. The summed E-state index contributed by atoms with van der Waals surface area (Å²) in [6.45, 7) is 5.19. The molecule has 2 rings (SSSR count). The largest absolute Gasteiger partial charge is 0.462 e. The van der Waals surface area contributed by atoms with E-state index in [4.69, 9.17) is 14.2 Å². The van der Waals surface area contributed by atoms with Crippen molar-refractivity contribution in [3.63, 3.8) is 0 Å². The first-order valence-corrected chi connectivity index (χ1v) is 7.20. The molecule has 0 amide bonds. The van der Waals surface area contributed by atoms with Crippen LogP contribution in [0.4, 0.5) is 0 Å². The molecule has 2 aliphatic rings. The van der Waals surface area contributed by atoms with Crippen molar-refractivity contribution in [1.29, 1.82) is 0 Å². The third-order valence-electron chi connectivity index (χ3n) is 3.72. The van der Waals surface area contributed by atoms with Gasteiger partial charge in [-0.05, 0) is 26.2 Å². The van der Waals surface area contributed by atoms with Gasteiger partial charge in [-0.25, -0.2) is 4.79 Å². The molecule has 6 nitrogen and oxygen atoms in total. The highest BCUT2D eigenvalue weighted by Gasteiger charge is 2.44. The Bertz CT molecular complexity index is 455. The minimum Gasteiger partial charge on any atom is -0.462 e. The number of fused-ring (bicyclic) bond motifs is 2. The van der Waals surface area contributed by atoms with E-state index in [-0.39, 0.29) is 43.1 Å². The number of esters is 3. The average Bonchev–Trinajstić information content (AvgIpc) is 2.74. The lowest BCUT2D eigenvalue weighted by atomic mass is 9.88. The van der Waals surface area contributed by atoms with Gasteiger partial charge >= 0.3 is 17.9 Å². The third kappa shape index (κ3) is 4.06. The molecule has 0 radical (unpaired) electrons. The van der Waals surface area contributed by atoms with E-state index < -0.39 is 5.97 Å². The maximum Gasteiger partial charge on any atom is 0.333 e. The lowest BCUT2D eigenvalue weighted by molar-refractivity contribution is -0.161. The van der Waals surface area contributed by atoms with Gasteiger partial charge in [-0.15, -0.1) is 0 Å². The summed E-state index contributed by atoms with van der Waals surface area (Å²) < 4.78 is 15.4. The van der Waals surface area contributed by atoms with Crippen LogP contribution in [0.1, 0.15) is 39.0 Å². The van der Waals surface area contributed by atoms with E-state index in [1.165, 1.54) is 0 Å². The number of rotatable bonds is 6. The van der Waals surface area contributed by atoms with Crippen molar-refractivity contribution in [1.82, 2.24) is 0 Å². The van der Waals surface area contributed by atoms with Gasteiger partial charge in [0.25, 0.3) is 0 Å². The van der Waals surface area contributed by atoms with Crippen LogP contribution in [0.25, 0.3) is 0 Å². The first-order chi connectivity index (χ1) is 9.97. The smallest absolute Gasteiger partial charge is 0.333 e. The lowest BCUT2D eigenvalue weighted by Gasteiger charge is -2.25. The molecule has 0 aromatic heterocycles. The van der Waals surface area contributed by atoms with Crippen molar-refractivity contribution < 1.29 is 28.6 Å². The molecule has 1 saturated heterocycles. The quantitative estimate of drug-likeness (QED) is 0.320. The molecule has 3 atom stereocenters. The summed E-state index contributed by atoms with van der Waals surface area (Å²) >= 11 is 0. The van der Waals surface area contributed by atoms with Crippen LogP contribution in [0, 0.1) is 5.92 Å². The van der Waals surface area contributed by atoms with E-state index in [0.29, 0.717) is 31.3 Å². The molecule has 3 unspecified atom stereocenters. The molecule has 0 aromatic rings. The fourth-order valence-electron chi connectivity index (χ4n) is 2.55. The minimum atomic E-state index is -0.459. The zero-order valence-corrected chi connectivity index (χ0v) is 12.1. The summed E-state index contributed by atoms with van der Waals surface area (Å²) in [5, 5.41) is 0. The number of carbonyl (C=O) groups is 3. The second kappa shape index (κ2) is 6.74. The van der Waals surface area contributed by atoms with Gasteiger partial charge in [0, 0.05) is 18.4 Å². The Morgan fingerprint density at radius 2 is 2.14 bits per heavy atom. The van der Waals surface area contributed by atoms with Crippen LogP contribution in [-0.4, -0.2) is 36.7 Å². The minimum absolute atomic E-state index is 0.0218. The Morgan fingerprint density at radius 3 is 2.86 bits per heavy atom. The van der Waals surface area contributed by atoms with Gasteiger partial charge in [0.2, 0.25) is 0 Å². The number of ether oxygens (including phenoxy) is 3. The van der Waals surface area contributed by atoms with E-state index in [9.17, 15) is 14.4 Å². The Morgan fingerprint density at radius 1 is 1.38 bits per heavy atom. The monoisotopic (exact) mass is 296 g/mol. The van der Waals surface area contributed by atoms with Crippen molar-refractivity contribution in [3.8, 4) is 0 Å². The SMILES string of the molecule is C=C(C)C(=O)OCCCC(=O)OC1CCC2CC1OC2=O. The second-order valence-electron chi connectivity index (χ2n) is 5.53. The molecule has 0 spiro atoms. The summed E-state index contributed by atoms with van der Waals surface area (Å²) in [4.78, 5) is 34.3. The van der Waals surface area contributed by atoms with Gasteiger partial charge < -0.3 is 14.2 Å². The van der Waals surface area contributed by atoms with Crippen LogP contribution < -0.4 is 0 Å². The molecule has 6 heteroatoms. The van der Waals surface area contributed by atoms with Crippen molar-refractivity contribution in [3.05, 3.63) is 12.2 Å². The lowest BCUT2D eigenvalue weighted by Crippen LogP contribution is -2.33. The van der Waals surface area contributed by atoms with E-state index in [2.05, 4.69) is 6.58 Å². The van der Waals surface area contributed by atoms with Crippen molar-refractivity contribution >= 4 is 17.9 Å². The Balaban J connectivity index is 1.65. The van der Waals surface area contributed by atoms with Crippen molar-refractivity contribution in [2.45, 2.75) is 51.2 Å². The van der Waals surface area contributed by atoms with Gasteiger partial charge in [0.15, 0.2) is 0 Å².